The normalized spacial score (nSPS) is 19.6. The Hall–Kier alpha value is -2.31. The number of ether oxygens (including phenoxy) is 2. The summed E-state index contributed by atoms with van der Waals surface area (Å²) in [7, 11) is 1.59. The van der Waals surface area contributed by atoms with Crippen LogP contribution in [0.5, 0.6) is 11.6 Å². The van der Waals surface area contributed by atoms with Crippen LogP contribution in [0.1, 0.15) is 55.4 Å². The Morgan fingerprint density at radius 1 is 1.04 bits per heavy atom. The van der Waals surface area contributed by atoms with Crippen LogP contribution in [0.4, 0.5) is 0 Å². The van der Waals surface area contributed by atoms with Gasteiger partial charge >= 0.3 is 0 Å². The van der Waals surface area contributed by atoms with Crippen LogP contribution in [0, 0.1) is 17.8 Å². The molecule has 3 fully saturated rings. The molecular weight excluding hydrogens is 358 g/mol. The fourth-order valence-electron chi connectivity index (χ4n) is 3.07. The maximum atomic E-state index is 12.7. The minimum absolute atomic E-state index is 0.171. The van der Waals surface area contributed by atoms with Crippen molar-refractivity contribution in [1.82, 2.24) is 15.6 Å². The summed E-state index contributed by atoms with van der Waals surface area (Å²) in [6, 6.07) is 2.86. The summed E-state index contributed by atoms with van der Waals surface area (Å²) in [5.41, 5.74) is 0.245. The molecule has 4 rings (SSSR count). The number of aromatic nitrogens is 1. The van der Waals surface area contributed by atoms with Gasteiger partial charge in [-0.15, -0.1) is 0 Å². The van der Waals surface area contributed by atoms with Gasteiger partial charge < -0.3 is 20.1 Å². The van der Waals surface area contributed by atoms with Crippen LogP contribution in [0.25, 0.3) is 0 Å². The number of rotatable bonds is 11. The number of amides is 2. The largest absolute Gasteiger partial charge is 0.488 e. The maximum Gasteiger partial charge on any atom is 0.270 e. The number of hydrogen-bond donors (Lipinski definition) is 2. The molecule has 1 aromatic rings. The highest BCUT2D eigenvalue weighted by molar-refractivity contribution is 5.96. The van der Waals surface area contributed by atoms with Crippen molar-refractivity contribution in [3.05, 3.63) is 17.8 Å². The third-order valence-electron chi connectivity index (χ3n) is 5.52. The molecule has 7 nitrogen and oxygen atoms in total. The van der Waals surface area contributed by atoms with Crippen molar-refractivity contribution in [3.63, 3.8) is 0 Å². The summed E-state index contributed by atoms with van der Waals surface area (Å²) < 4.78 is 11.7. The number of nitrogens with zero attached hydrogens (tertiary/aromatic N) is 1. The standard InChI is InChI=1S/C21H29N3O4/c1-22-19(25)17(10-13-2-3-13)23-20(26)16-8-9-18(27-11-14-4-5-14)21(24-16)28-12-15-6-7-15/h8-9,13-15,17H,2-7,10-12H2,1H3,(H,22,25)(H,23,26). The van der Waals surface area contributed by atoms with Gasteiger partial charge in [-0.25, -0.2) is 4.98 Å². The van der Waals surface area contributed by atoms with E-state index in [1.165, 1.54) is 25.7 Å². The molecule has 152 valence electrons. The van der Waals surface area contributed by atoms with Gasteiger partial charge in [-0.05, 0) is 62.0 Å². The molecule has 3 aliphatic carbocycles. The van der Waals surface area contributed by atoms with E-state index < -0.39 is 6.04 Å². The third kappa shape index (κ3) is 5.36. The van der Waals surface area contributed by atoms with Gasteiger partial charge in [0, 0.05) is 7.05 Å². The second-order valence-electron chi connectivity index (χ2n) is 8.33. The number of hydrogen-bond acceptors (Lipinski definition) is 5. The van der Waals surface area contributed by atoms with Crippen molar-refractivity contribution in [2.24, 2.45) is 17.8 Å². The first-order valence-corrected chi connectivity index (χ1v) is 10.4. The van der Waals surface area contributed by atoms with E-state index in [1.54, 1.807) is 19.2 Å². The first-order chi connectivity index (χ1) is 13.6. The number of likely N-dealkylation sites (N-methyl/N-ethyl adjacent to an activating group) is 1. The van der Waals surface area contributed by atoms with Gasteiger partial charge in [0.2, 0.25) is 5.91 Å². The van der Waals surface area contributed by atoms with Crippen LogP contribution < -0.4 is 20.1 Å². The van der Waals surface area contributed by atoms with Crippen molar-refractivity contribution in [3.8, 4) is 11.6 Å². The number of carbonyl (C=O) groups is 2. The van der Waals surface area contributed by atoms with E-state index in [2.05, 4.69) is 15.6 Å². The first kappa shape index (κ1) is 19.0. The van der Waals surface area contributed by atoms with Crippen molar-refractivity contribution in [1.29, 1.82) is 0 Å². The first-order valence-electron chi connectivity index (χ1n) is 10.4. The van der Waals surface area contributed by atoms with E-state index >= 15 is 0 Å². The van der Waals surface area contributed by atoms with E-state index in [9.17, 15) is 9.59 Å². The molecule has 0 bridgehead atoms. The molecule has 2 N–H and O–H groups in total. The van der Waals surface area contributed by atoms with Gasteiger partial charge in [-0.2, -0.15) is 0 Å². The topological polar surface area (TPSA) is 89.6 Å². The van der Waals surface area contributed by atoms with Gasteiger partial charge in [0.05, 0.1) is 13.2 Å². The minimum atomic E-state index is -0.534. The molecule has 3 aliphatic rings. The number of nitrogens with one attached hydrogen (secondary N) is 2. The zero-order valence-electron chi connectivity index (χ0n) is 16.4. The van der Waals surface area contributed by atoms with Crippen LogP contribution in [0.15, 0.2) is 12.1 Å². The van der Waals surface area contributed by atoms with Crippen LogP contribution in [-0.4, -0.2) is 43.1 Å². The molecule has 7 heteroatoms. The zero-order chi connectivity index (χ0) is 19.5. The molecular formula is C21H29N3O4. The lowest BCUT2D eigenvalue weighted by Gasteiger charge is -2.17. The van der Waals surface area contributed by atoms with Crippen LogP contribution >= 0.6 is 0 Å². The Labute approximate surface area is 165 Å². The predicted molar refractivity (Wildman–Crippen MR) is 103 cm³/mol. The van der Waals surface area contributed by atoms with Gasteiger partial charge in [0.15, 0.2) is 5.75 Å². The molecule has 3 saturated carbocycles. The van der Waals surface area contributed by atoms with Crippen molar-refractivity contribution in [2.45, 2.75) is 51.0 Å². The Balaban J connectivity index is 1.43. The Bertz CT molecular complexity index is 726. The molecule has 1 atom stereocenters. The van der Waals surface area contributed by atoms with Crippen LogP contribution in [-0.2, 0) is 4.79 Å². The zero-order valence-corrected chi connectivity index (χ0v) is 16.4. The Morgan fingerprint density at radius 3 is 2.29 bits per heavy atom. The average Bonchev–Trinajstić information content (AvgIpc) is 3.56. The third-order valence-corrected chi connectivity index (χ3v) is 5.52. The maximum absolute atomic E-state index is 12.7. The lowest BCUT2D eigenvalue weighted by atomic mass is 10.1. The van der Waals surface area contributed by atoms with Gasteiger partial charge in [-0.1, -0.05) is 12.8 Å². The smallest absolute Gasteiger partial charge is 0.270 e. The molecule has 1 aromatic heterocycles. The molecule has 0 spiro atoms. The number of carbonyl (C=O) groups excluding carboxylic acids is 2. The summed E-state index contributed by atoms with van der Waals surface area (Å²) in [5, 5.41) is 5.46. The summed E-state index contributed by atoms with van der Waals surface area (Å²) in [6.07, 6.45) is 7.66. The minimum Gasteiger partial charge on any atom is -0.488 e. The average molecular weight is 387 g/mol. The van der Waals surface area contributed by atoms with E-state index in [0.717, 1.165) is 12.8 Å². The molecule has 28 heavy (non-hydrogen) atoms. The lowest BCUT2D eigenvalue weighted by Crippen LogP contribution is -2.46. The summed E-state index contributed by atoms with van der Waals surface area (Å²) in [4.78, 5) is 29.2. The molecule has 1 unspecified atom stereocenters. The SMILES string of the molecule is CNC(=O)C(CC1CC1)NC(=O)c1ccc(OCC2CC2)c(OCC2CC2)n1. The molecule has 0 aliphatic heterocycles. The van der Waals surface area contributed by atoms with E-state index in [4.69, 9.17) is 9.47 Å². The van der Waals surface area contributed by atoms with Crippen LogP contribution in [0.2, 0.25) is 0 Å². The monoisotopic (exact) mass is 387 g/mol. The molecule has 1 heterocycles. The second kappa shape index (κ2) is 8.37. The van der Waals surface area contributed by atoms with E-state index in [1.807, 2.05) is 0 Å². The fourth-order valence-corrected chi connectivity index (χ4v) is 3.07. The molecule has 0 aromatic carbocycles. The molecule has 2 amide bonds. The predicted octanol–water partition coefficient (Wildman–Crippen LogP) is 2.30. The highest BCUT2D eigenvalue weighted by atomic mass is 16.5. The van der Waals surface area contributed by atoms with Crippen molar-refractivity contribution >= 4 is 11.8 Å². The van der Waals surface area contributed by atoms with Crippen LogP contribution in [0.3, 0.4) is 0 Å². The summed E-state index contributed by atoms with van der Waals surface area (Å²) >= 11 is 0. The van der Waals surface area contributed by atoms with Gasteiger partial charge in [0.1, 0.15) is 11.7 Å². The summed E-state index contributed by atoms with van der Waals surface area (Å²) in [5.74, 6) is 2.14. The second-order valence-corrected chi connectivity index (χ2v) is 8.33. The van der Waals surface area contributed by atoms with Crippen molar-refractivity contribution in [2.75, 3.05) is 20.3 Å². The van der Waals surface area contributed by atoms with Gasteiger partial charge in [0.25, 0.3) is 11.8 Å². The summed E-state index contributed by atoms with van der Waals surface area (Å²) in [6.45, 7) is 1.26. The Kier molecular flexibility index (Phi) is 5.69. The Morgan fingerprint density at radius 2 is 1.68 bits per heavy atom. The number of pyridine rings is 1. The van der Waals surface area contributed by atoms with Gasteiger partial charge in [-0.3, -0.25) is 9.59 Å². The lowest BCUT2D eigenvalue weighted by molar-refractivity contribution is -0.122. The highest BCUT2D eigenvalue weighted by Gasteiger charge is 2.31. The fraction of sp³-hybridized carbons (Fsp3) is 0.667. The highest BCUT2D eigenvalue weighted by Crippen LogP contribution is 2.35. The quantitative estimate of drug-likeness (QED) is 0.608. The van der Waals surface area contributed by atoms with E-state index in [0.29, 0.717) is 49.0 Å². The molecule has 0 saturated heterocycles. The van der Waals surface area contributed by atoms with E-state index in [-0.39, 0.29) is 17.5 Å². The molecule has 0 radical (unpaired) electrons. The van der Waals surface area contributed by atoms with Crippen molar-refractivity contribution < 1.29 is 19.1 Å².